The molecule has 4 rings (SSSR count). The van der Waals surface area contributed by atoms with Gasteiger partial charge in [0, 0.05) is 44.9 Å². The highest BCUT2D eigenvalue weighted by Crippen LogP contribution is 2.21. The monoisotopic (exact) mass is 311 g/mol. The van der Waals surface area contributed by atoms with Crippen LogP contribution in [0.15, 0.2) is 36.7 Å². The second kappa shape index (κ2) is 6.85. The molecule has 0 radical (unpaired) electrons. The molecule has 1 saturated heterocycles. The maximum Gasteiger partial charge on any atom is 0.0952 e. The van der Waals surface area contributed by atoms with Crippen LogP contribution in [0.4, 0.5) is 0 Å². The van der Waals surface area contributed by atoms with E-state index in [9.17, 15) is 0 Å². The summed E-state index contributed by atoms with van der Waals surface area (Å²) in [6.07, 6.45) is 5.45. The van der Waals surface area contributed by atoms with Crippen molar-refractivity contribution in [1.82, 2.24) is 14.5 Å². The standard InChI is InChI=1S/C19H25N3O/c1-2-4-16(5-3-1)6-10-22-15-20-18-13-21(9-7-19(18)22)12-17-8-11-23-14-17/h1-5,15,17H,6-14H2/t17-/m0/s1. The number of benzene rings is 1. The molecule has 0 unspecified atom stereocenters. The fourth-order valence-electron chi connectivity index (χ4n) is 3.76. The summed E-state index contributed by atoms with van der Waals surface area (Å²) >= 11 is 0. The van der Waals surface area contributed by atoms with Crippen LogP contribution in [0.3, 0.4) is 0 Å². The summed E-state index contributed by atoms with van der Waals surface area (Å²) < 4.78 is 7.86. The summed E-state index contributed by atoms with van der Waals surface area (Å²) in [6.45, 7) is 6.23. The summed E-state index contributed by atoms with van der Waals surface area (Å²) in [4.78, 5) is 7.24. The molecule has 0 saturated carbocycles. The van der Waals surface area contributed by atoms with Crippen LogP contribution >= 0.6 is 0 Å². The Hall–Kier alpha value is -1.65. The summed E-state index contributed by atoms with van der Waals surface area (Å²) in [5, 5.41) is 0. The number of hydrogen-bond donors (Lipinski definition) is 0. The number of aryl methyl sites for hydroxylation is 2. The van der Waals surface area contributed by atoms with Gasteiger partial charge in [0.1, 0.15) is 0 Å². The van der Waals surface area contributed by atoms with Gasteiger partial charge in [-0.05, 0) is 24.3 Å². The molecule has 0 spiro atoms. The van der Waals surface area contributed by atoms with Crippen LogP contribution in [-0.4, -0.2) is 40.8 Å². The van der Waals surface area contributed by atoms with E-state index in [0.29, 0.717) is 0 Å². The molecule has 2 aromatic rings. The molecule has 1 atom stereocenters. The molecule has 122 valence electrons. The van der Waals surface area contributed by atoms with Crippen molar-refractivity contribution in [3.63, 3.8) is 0 Å². The first kappa shape index (κ1) is 14.9. The summed E-state index contributed by atoms with van der Waals surface area (Å²) in [5.41, 5.74) is 4.12. The smallest absolute Gasteiger partial charge is 0.0952 e. The highest BCUT2D eigenvalue weighted by molar-refractivity contribution is 5.18. The zero-order valence-corrected chi connectivity index (χ0v) is 13.7. The van der Waals surface area contributed by atoms with Crippen molar-refractivity contribution >= 4 is 0 Å². The van der Waals surface area contributed by atoms with Gasteiger partial charge in [-0.15, -0.1) is 0 Å². The predicted octanol–water partition coefficient (Wildman–Crippen LogP) is 2.52. The van der Waals surface area contributed by atoms with Crippen LogP contribution in [0.2, 0.25) is 0 Å². The van der Waals surface area contributed by atoms with Crippen LogP contribution in [0, 0.1) is 5.92 Å². The Labute approximate surface area is 138 Å². The van der Waals surface area contributed by atoms with Crippen LogP contribution in [0.25, 0.3) is 0 Å². The third-order valence-corrected chi connectivity index (χ3v) is 5.10. The first-order valence-corrected chi connectivity index (χ1v) is 8.75. The van der Waals surface area contributed by atoms with E-state index in [1.165, 1.54) is 23.4 Å². The van der Waals surface area contributed by atoms with Gasteiger partial charge in [0.2, 0.25) is 0 Å². The van der Waals surface area contributed by atoms with Crippen LogP contribution in [0.1, 0.15) is 23.4 Å². The molecule has 0 N–H and O–H groups in total. The van der Waals surface area contributed by atoms with Gasteiger partial charge in [0.25, 0.3) is 0 Å². The van der Waals surface area contributed by atoms with Crippen LogP contribution in [-0.2, 0) is 30.7 Å². The van der Waals surface area contributed by atoms with Gasteiger partial charge in [0.15, 0.2) is 0 Å². The Balaban J connectivity index is 1.36. The fourth-order valence-corrected chi connectivity index (χ4v) is 3.76. The first-order valence-electron chi connectivity index (χ1n) is 8.75. The average Bonchev–Trinajstić information content (AvgIpc) is 3.23. The van der Waals surface area contributed by atoms with Crippen LogP contribution in [0.5, 0.6) is 0 Å². The predicted molar refractivity (Wildman–Crippen MR) is 90.3 cm³/mol. The summed E-state index contributed by atoms with van der Waals surface area (Å²) in [6, 6.07) is 10.7. The number of hydrogen-bond acceptors (Lipinski definition) is 3. The van der Waals surface area contributed by atoms with Gasteiger partial charge in [-0.1, -0.05) is 30.3 Å². The molecule has 4 nitrogen and oxygen atoms in total. The molecule has 1 aromatic carbocycles. The number of aromatic nitrogens is 2. The highest BCUT2D eigenvalue weighted by Gasteiger charge is 2.24. The van der Waals surface area contributed by atoms with E-state index in [1.54, 1.807) is 0 Å². The minimum Gasteiger partial charge on any atom is -0.381 e. The molecule has 0 aliphatic carbocycles. The fraction of sp³-hybridized carbons (Fsp3) is 0.526. The molecule has 0 amide bonds. The lowest BCUT2D eigenvalue weighted by molar-refractivity contribution is 0.161. The van der Waals surface area contributed by atoms with E-state index in [0.717, 1.165) is 58.2 Å². The summed E-state index contributed by atoms with van der Waals surface area (Å²) in [5.74, 6) is 0.719. The van der Waals surface area contributed by atoms with E-state index in [4.69, 9.17) is 4.74 Å². The Morgan fingerprint density at radius 1 is 1.22 bits per heavy atom. The van der Waals surface area contributed by atoms with Gasteiger partial charge in [-0.25, -0.2) is 4.98 Å². The molecule has 23 heavy (non-hydrogen) atoms. The Bertz CT molecular complexity index is 631. The van der Waals surface area contributed by atoms with Crippen molar-refractivity contribution in [3.05, 3.63) is 53.6 Å². The second-order valence-electron chi connectivity index (χ2n) is 6.78. The number of nitrogens with zero attached hydrogens (tertiary/aromatic N) is 3. The third-order valence-electron chi connectivity index (χ3n) is 5.10. The van der Waals surface area contributed by atoms with Crippen molar-refractivity contribution < 1.29 is 4.74 Å². The van der Waals surface area contributed by atoms with Crippen molar-refractivity contribution in [2.24, 2.45) is 5.92 Å². The molecule has 3 heterocycles. The van der Waals surface area contributed by atoms with Gasteiger partial charge < -0.3 is 9.30 Å². The van der Waals surface area contributed by atoms with Crippen molar-refractivity contribution in [2.45, 2.75) is 32.4 Å². The minimum atomic E-state index is 0.719. The molecular formula is C19H25N3O. The maximum atomic E-state index is 5.50. The van der Waals surface area contributed by atoms with E-state index in [-0.39, 0.29) is 0 Å². The number of ether oxygens (including phenoxy) is 1. The van der Waals surface area contributed by atoms with Crippen molar-refractivity contribution in [3.8, 4) is 0 Å². The minimum absolute atomic E-state index is 0.719. The quantitative estimate of drug-likeness (QED) is 0.850. The Morgan fingerprint density at radius 3 is 2.96 bits per heavy atom. The SMILES string of the molecule is c1ccc(CCn2cnc3c2CCN(C[C@@H]2CCOC2)C3)cc1. The van der Waals surface area contributed by atoms with Gasteiger partial charge in [-0.2, -0.15) is 0 Å². The van der Waals surface area contributed by atoms with E-state index in [1.807, 2.05) is 6.33 Å². The lowest BCUT2D eigenvalue weighted by Crippen LogP contribution is -2.35. The van der Waals surface area contributed by atoms with Gasteiger partial charge >= 0.3 is 0 Å². The third kappa shape index (κ3) is 3.48. The number of fused-ring (bicyclic) bond motifs is 1. The zero-order valence-electron chi connectivity index (χ0n) is 13.7. The molecular weight excluding hydrogens is 286 g/mol. The normalized spacial score (nSPS) is 21.5. The Kier molecular flexibility index (Phi) is 4.44. The Morgan fingerprint density at radius 2 is 2.13 bits per heavy atom. The molecule has 1 fully saturated rings. The lowest BCUT2D eigenvalue weighted by Gasteiger charge is -2.28. The summed E-state index contributed by atoms with van der Waals surface area (Å²) in [7, 11) is 0. The van der Waals surface area contributed by atoms with Crippen molar-refractivity contribution in [2.75, 3.05) is 26.3 Å². The number of rotatable bonds is 5. The number of imidazole rings is 1. The van der Waals surface area contributed by atoms with E-state index < -0.39 is 0 Å². The maximum absolute atomic E-state index is 5.50. The average molecular weight is 311 g/mol. The topological polar surface area (TPSA) is 30.3 Å². The van der Waals surface area contributed by atoms with Gasteiger partial charge in [0.05, 0.1) is 18.6 Å². The van der Waals surface area contributed by atoms with Gasteiger partial charge in [-0.3, -0.25) is 4.90 Å². The van der Waals surface area contributed by atoms with E-state index in [2.05, 4.69) is 44.8 Å². The molecule has 1 aromatic heterocycles. The molecule has 2 aliphatic heterocycles. The molecule has 2 aliphatic rings. The molecule has 0 bridgehead atoms. The first-order chi connectivity index (χ1) is 11.4. The molecule has 4 heteroatoms. The largest absolute Gasteiger partial charge is 0.381 e. The van der Waals surface area contributed by atoms with Crippen molar-refractivity contribution in [1.29, 1.82) is 0 Å². The lowest BCUT2D eigenvalue weighted by atomic mass is 10.1. The van der Waals surface area contributed by atoms with Crippen LogP contribution < -0.4 is 0 Å². The van der Waals surface area contributed by atoms with E-state index >= 15 is 0 Å². The highest BCUT2D eigenvalue weighted by atomic mass is 16.5. The zero-order chi connectivity index (χ0) is 15.5. The second-order valence-corrected chi connectivity index (χ2v) is 6.78.